The molecule has 3 N–H and O–H groups in total. The third-order valence-electron chi connectivity index (χ3n) is 2.78. The Morgan fingerprint density at radius 1 is 1.60 bits per heavy atom. The van der Waals surface area contributed by atoms with Crippen LogP contribution in [0.4, 0.5) is 0 Å². The molecule has 0 fully saturated rings. The van der Waals surface area contributed by atoms with Crippen molar-refractivity contribution in [2.45, 2.75) is 12.5 Å². The largest absolute Gasteiger partial charge is 0.378 e. The van der Waals surface area contributed by atoms with Gasteiger partial charge in [0.05, 0.1) is 23.1 Å². The van der Waals surface area contributed by atoms with E-state index in [2.05, 4.69) is 5.32 Å². The van der Waals surface area contributed by atoms with Crippen molar-refractivity contribution in [3.8, 4) is 0 Å². The minimum atomic E-state index is -0.326. The Morgan fingerprint density at radius 3 is 3.07 bits per heavy atom. The third-order valence-corrected chi connectivity index (χ3v) is 2.78. The summed E-state index contributed by atoms with van der Waals surface area (Å²) >= 11 is 0. The van der Waals surface area contributed by atoms with Crippen molar-refractivity contribution < 1.29 is 4.92 Å². The molecule has 15 heavy (non-hydrogen) atoms. The molecule has 1 aliphatic heterocycles. The van der Waals surface area contributed by atoms with Gasteiger partial charge < -0.3 is 11.1 Å². The normalized spacial score (nSPS) is 27.8. The molecule has 2 unspecified atom stereocenters. The molecule has 0 bridgehead atoms. The highest BCUT2D eigenvalue weighted by Crippen LogP contribution is 2.31. The monoisotopic (exact) mass is 207 g/mol. The summed E-state index contributed by atoms with van der Waals surface area (Å²) in [5, 5.41) is 13.8. The van der Waals surface area contributed by atoms with Gasteiger partial charge >= 0.3 is 0 Å². The summed E-state index contributed by atoms with van der Waals surface area (Å²) in [4.78, 5) is 10.4. The van der Waals surface area contributed by atoms with Gasteiger partial charge in [-0.15, -0.1) is 0 Å². The summed E-state index contributed by atoms with van der Waals surface area (Å²) in [5.41, 5.74) is 6.87. The van der Waals surface area contributed by atoms with E-state index >= 15 is 0 Å². The zero-order valence-corrected chi connectivity index (χ0v) is 8.22. The zero-order chi connectivity index (χ0) is 10.8. The highest BCUT2D eigenvalue weighted by atomic mass is 16.6. The lowest BCUT2D eigenvalue weighted by atomic mass is 9.87. The number of nitrogens with one attached hydrogen (secondary N) is 1. The molecule has 2 rings (SSSR count). The van der Waals surface area contributed by atoms with E-state index in [-0.39, 0.29) is 22.6 Å². The molecule has 5 heteroatoms. The first-order valence-corrected chi connectivity index (χ1v) is 4.92. The molecule has 0 saturated heterocycles. The SMILES string of the molecule is NCCC1=CC=CC2C([N+](=O)[O-])=CNC12. The molecule has 2 aliphatic rings. The standard InChI is InChI=1S/C10H13N3O2/c11-5-4-7-2-1-3-8-9(13(14)15)6-12-10(7)8/h1-3,6,8,10,12H,4-5,11H2. The number of rotatable bonds is 3. The highest BCUT2D eigenvalue weighted by Gasteiger charge is 2.38. The molecule has 0 radical (unpaired) electrons. The van der Waals surface area contributed by atoms with Crippen LogP contribution in [-0.4, -0.2) is 17.5 Å². The molecule has 0 aromatic rings. The fraction of sp³-hybridized carbons (Fsp3) is 0.400. The van der Waals surface area contributed by atoms with Gasteiger partial charge in [0, 0.05) is 0 Å². The van der Waals surface area contributed by atoms with Gasteiger partial charge in [-0.2, -0.15) is 0 Å². The van der Waals surface area contributed by atoms with Crippen molar-refractivity contribution in [1.29, 1.82) is 0 Å². The van der Waals surface area contributed by atoms with Gasteiger partial charge in [0.25, 0.3) is 5.70 Å². The van der Waals surface area contributed by atoms with E-state index in [0.717, 1.165) is 12.0 Å². The second kappa shape index (κ2) is 3.86. The minimum absolute atomic E-state index is 0.0268. The first kappa shape index (κ1) is 9.92. The van der Waals surface area contributed by atoms with Gasteiger partial charge in [-0.3, -0.25) is 10.1 Å². The number of nitrogens with zero attached hydrogens (tertiary/aromatic N) is 1. The molecule has 2 atom stereocenters. The Hall–Kier alpha value is -1.62. The molecule has 0 aromatic heterocycles. The molecule has 1 heterocycles. The number of allylic oxidation sites excluding steroid dienone is 2. The van der Waals surface area contributed by atoms with Crippen LogP contribution in [0.15, 0.2) is 35.7 Å². The van der Waals surface area contributed by atoms with E-state index in [1.54, 1.807) is 0 Å². The number of hydrogen-bond acceptors (Lipinski definition) is 4. The van der Waals surface area contributed by atoms with Crippen LogP contribution >= 0.6 is 0 Å². The maximum absolute atomic E-state index is 10.7. The van der Waals surface area contributed by atoms with Crippen LogP contribution in [0.25, 0.3) is 0 Å². The average Bonchev–Trinajstić information content (AvgIpc) is 2.62. The molecule has 80 valence electrons. The number of fused-ring (bicyclic) bond motifs is 1. The lowest BCUT2D eigenvalue weighted by molar-refractivity contribution is -0.431. The number of nitro groups is 1. The van der Waals surface area contributed by atoms with Crippen LogP contribution in [0.3, 0.4) is 0 Å². The van der Waals surface area contributed by atoms with E-state index in [1.165, 1.54) is 6.20 Å². The van der Waals surface area contributed by atoms with E-state index in [4.69, 9.17) is 5.73 Å². The first-order valence-electron chi connectivity index (χ1n) is 4.92. The molecule has 0 amide bonds. The average molecular weight is 207 g/mol. The van der Waals surface area contributed by atoms with E-state index in [1.807, 2.05) is 18.2 Å². The Labute approximate surface area is 87.5 Å². The fourth-order valence-corrected chi connectivity index (χ4v) is 2.08. The van der Waals surface area contributed by atoms with E-state index in [0.29, 0.717) is 6.54 Å². The summed E-state index contributed by atoms with van der Waals surface area (Å²) in [5.74, 6) is -0.147. The first-order chi connectivity index (χ1) is 7.24. The van der Waals surface area contributed by atoms with E-state index in [9.17, 15) is 10.1 Å². The van der Waals surface area contributed by atoms with Crippen molar-refractivity contribution in [2.24, 2.45) is 11.7 Å². The van der Waals surface area contributed by atoms with Crippen LogP contribution < -0.4 is 11.1 Å². The van der Waals surface area contributed by atoms with Crippen LogP contribution in [0.1, 0.15) is 6.42 Å². The molecule has 1 aliphatic carbocycles. The summed E-state index contributed by atoms with van der Waals surface area (Å²) in [6, 6.07) is 0.0268. The molecular formula is C10H13N3O2. The minimum Gasteiger partial charge on any atom is -0.378 e. The molecule has 0 spiro atoms. The fourth-order valence-electron chi connectivity index (χ4n) is 2.08. The zero-order valence-electron chi connectivity index (χ0n) is 8.22. The second-order valence-electron chi connectivity index (χ2n) is 3.66. The topological polar surface area (TPSA) is 81.2 Å². The summed E-state index contributed by atoms with van der Waals surface area (Å²) < 4.78 is 0. The van der Waals surface area contributed by atoms with Crippen LogP contribution in [0.2, 0.25) is 0 Å². The predicted molar refractivity (Wildman–Crippen MR) is 56.4 cm³/mol. The van der Waals surface area contributed by atoms with Gasteiger partial charge in [-0.05, 0) is 18.5 Å². The van der Waals surface area contributed by atoms with E-state index < -0.39 is 0 Å². The van der Waals surface area contributed by atoms with Crippen molar-refractivity contribution in [1.82, 2.24) is 5.32 Å². The summed E-state index contributed by atoms with van der Waals surface area (Å²) in [7, 11) is 0. The molecule has 5 nitrogen and oxygen atoms in total. The molecule has 0 aromatic carbocycles. The van der Waals surface area contributed by atoms with Crippen molar-refractivity contribution in [3.63, 3.8) is 0 Å². The van der Waals surface area contributed by atoms with Gasteiger partial charge in [-0.25, -0.2) is 0 Å². The molecule has 0 saturated carbocycles. The number of nitrogens with two attached hydrogens (primary N) is 1. The number of hydrogen-bond donors (Lipinski definition) is 2. The predicted octanol–water partition coefficient (Wildman–Crippen LogP) is 0.537. The Balaban J connectivity index is 2.19. The van der Waals surface area contributed by atoms with Crippen LogP contribution in [0.5, 0.6) is 0 Å². The van der Waals surface area contributed by atoms with Gasteiger partial charge in [-0.1, -0.05) is 18.2 Å². The maximum Gasteiger partial charge on any atom is 0.270 e. The summed E-state index contributed by atoms with van der Waals surface area (Å²) in [6.45, 7) is 0.568. The summed E-state index contributed by atoms with van der Waals surface area (Å²) in [6.07, 6.45) is 7.99. The Bertz CT molecular complexity index is 371. The molecular weight excluding hydrogens is 194 g/mol. The quantitative estimate of drug-likeness (QED) is 0.522. The Kier molecular flexibility index (Phi) is 2.55. The van der Waals surface area contributed by atoms with Crippen molar-refractivity contribution >= 4 is 0 Å². The lowest BCUT2D eigenvalue weighted by Gasteiger charge is -2.22. The second-order valence-corrected chi connectivity index (χ2v) is 3.66. The smallest absolute Gasteiger partial charge is 0.270 e. The maximum atomic E-state index is 10.7. The third kappa shape index (κ3) is 1.66. The Morgan fingerprint density at radius 2 is 2.40 bits per heavy atom. The van der Waals surface area contributed by atoms with Gasteiger partial charge in [0.15, 0.2) is 0 Å². The lowest BCUT2D eigenvalue weighted by Crippen LogP contribution is -2.32. The van der Waals surface area contributed by atoms with Crippen molar-refractivity contribution in [3.05, 3.63) is 45.8 Å². The highest BCUT2D eigenvalue weighted by molar-refractivity contribution is 5.34. The van der Waals surface area contributed by atoms with Gasteiger partial charge in [0.2, 0.25) is 0 Å². The van der Waals surface area contributed by atoms with Gasteiger partial charge in [0.1, 0.15) is 0 Å². The van der Waals surface area contributed by atoms with Crippen LogP contribution in [0, 0.1) is 16.0 Å². The van der Waals surface area contributed by atoms with Crippen LogP contribution in [-0.2, 0) is 0 Å². The van der Waals surface area contributed by atoms with Crippen molar-refractivity contribution in [2.75, 3.05) is 6.54 Å².